The van der Waals surface area contributed by atoms with Crippen molar-refractivity contribution in [3.05, 3.63) is 59.7 Å². The largest absolute Gasteiger partial charge is 0.375 e. The third-order valence-electron chi connectivity index (χ3n) is 4.02. The standard InChI is InChI=1S/C18H21N3O2/c1-14-11-20-17(12-19-14)18(22)21-9-10-23-16(13-21)8-7-15-5-3-2-4-6-15/h2-6,11-12,16H,7-10,13H2,1H3/t16-/m0/s1. The lowest BCUT2D eigenvalue weighted by molar-refractivity contribution is -0.0248. The molecule has 1 atom stereocenters. The third-order valence-corrected chi connectivity index (χ3v) is 4.02. The van der Waals surface area contributed by atoms with E-state index in [1.807, 2.05) is 30.0 Å². The predicted molar refractivity (Wildman–Crippen MR) is 87.2 cm³/mol. The summed E-state index contributed by atoms with van der Waals surface area (Å²) in [4.78, 5) is 22.6. The van der Waals surface area contributed by atoms with Gasteiger partial charge in [0, 0.05) is 19.3 Å². The average Bonchev–Trinajstić information content (AvgIpc) is 2.61. The van der Waals surface area contributed by atoms with Gasteiger partial charge in [-0.05, 0) is 25.3 Å². The zero-order valence-electron chi connectivity index (χ0n) is 13.3. The molecule has 1 aromatic heterocycles. The van der Waals surface area contributed by atoms with Crippen LogP contribution in [0.2, 0.25) is 0 Å². The van der Waals surface area contributed by atoms with Crippen molar-refractivity contribution < 1.29 is 9.53 Å². The molecule has 0 radical (unpaired) electrons. The van der Waals surface area contributed by atoms with Gasteiger partial charge < -0.3 is 9.64 Å². The average molecular weight is 311 g/mol. The minimum absolute atomic E-state index is 0.0643. The van der Waals surface area contributed by atoms with Crippen LogP contribution in [-0.2, 0) is 11.2 Å². The highest BCUT2D eigenvalue weighted by atomic mass is 16.5. The molecule has 2 aromatic rings. The summed E-state index contributed by atoms with van der Waals surface area (Å²) in [5.41, 5.74) is 2.51. The first-order valence-electron chi connectivity index (χ1n) is 7.96. The Bertz CT molecular complexity index is 643. The van der Waals surface area contributed by atoms with Gasteiger partial charge in [0.15, 0.2) is 0 Å². The van der Waals surface area contributed by atoms with Crippen LogP contribution in [0.1, 0.15) is 28.2 Å². The zero-order valence-corrected chi connectivity index (χ0v) is 13.3. The van der Waals surface area contributed by atoms with Crippen molar-refractivity contribution >= 4 is 5.91 Å². The Labute approximate surface area is 136 Å². The SMILES string of the molecule is Cc1cnc(C(=O)N2CCO[C@@H](CCc3ccccc3)C2)cn1. The molecule has 0 N–H and O–H groups in total. The molecule has 1 aliphatic heterocycles. The molecule has 0 bridgehead atoms. The second-order valence-electron chi connectivity index (χ2n) is 5.81. The van der Waals surface area contributed by atoms with Gasteiger partial charge in [0.2, 0.25) is 0 Å². The zero-order chi connectivity index (χ0) is 16.1. The molecule has 120 valence electrons. The van der Waals surface area contributed by atoms with E-state index in [9.17, 15) is 4.79 Å². The van der Waals surface area contributed by atoms with Crippen LogP contribution in [0.25, 0.3) is 0 Å². The first kappa shape index (κ1) is 15.6. The van der Waals surface area contributed by atoms with Crippen molar-refractivity contribution in [1.29, 1.82) is 0 Å². The van der Waals surface area contributed by atoms with E-state index in [1.165, 1.54) is 5.56 Å². The quantitative estimate of drug-likeness (QED) is 0.869. The summed E-state index contributed by atoms with van der Waals surface area (Å²) < 4.78 is 5.81. The van der Waals surface area contributed by atoms with Crippen LogP contribution in [0.5, 0.6) is 0 Å². The lowest BCUT2D eigenvalue weighted by atomic mass is 10.1. The van der Waals surface area contributed by atoms with Crippen LogP contribution in [0, 0.1) is 6.92 Å². The molecule has 5 nitrogen and oxygen atoms in total. The Morgan fingerprint density at radius 1 is 1.26 bits per heavy atom. The number of ether oxygens (including phenoxy) is 1. The van der Waals surface area contributed by atoms with Crippen LogP contribution in [0.3, 0.4) is 0 Å². The van der Waals surface area contributed by atoms with Crippen LogP contribution in [0.15, 0.2) is 42.7 Å². The van der Waals surface area contributed by atoms with Gasteiger partial charge in [-0.2, -0.15) is 0 Å². The molecule has 0 unspecified atom stereocenters. The van der Waals surface area contributed by atoms with E-state index < -0.39 is 0 Å². The van der Waals surface area contributed by atoms with Gasteiger partial charge in [-0.1, -0.05) is 30.3 Å². The van der Waals surface area contributed by atoms with Gasteiger partial charge in [0.05, 0.1) is 24.6 Å². The van der Waals surface area contributed by atoms with Crippen molar-refractivity contribution in [2.75, 3.05) is 19.7 Å². The molecule has 23 heavy (non-hydrogen) atoms. The van der Waals surface area contributed by atoms with E-state index in [2.05, 4.69) is 22.1 Å². The first-order chi connectivity index (χ1) is 11.2. The molecule has 0 spiro atoms. The van der Waals surface area contributed by atoms with Crippen molar-refractivity contribution in [3.63, 3.8) is 0 Å². The van der Waals surface area contributed by atoms with Gasteiger partial charge >= 0.3 is 0 Å². The molecule has 3 rings (SSSR count). The molecule has 1 saturated heterocycles. The summed E-state index contributed by atoms with van der Waals surface area (Å²) in [7, 11) is 0. The molecule has 0 saturated carbocycles. The molecule has 2 heterocycles. The van der Waals surface area contributed by atoms with Gasteiger partial charge in [0.25, 0.3) is 5.91 Å². The molecular formula is C18H21N3O2. The molecule has 1 fully saturated rings. The Morgan fingerprint density at radius 2 is 2.09 bits per heavy atom. The minimum Gasteiger partial charge on any atom is -0.375 e. The minimum atomic E-state index is -0.0643. The van der Waals surface area contributed by atoms with Gasteiger partial charge in [0.1, 0.15) is 5.69 Å². The molecule has 5 heteroatoms. The number of hydrogen-bond donors (Lipinski definition) is 0. The fourth-order valence-electron chi connectivity index (χ4n) is 2.72. The van der Waals surface area contributed by atoms with E-state index in [0.717, 1.165) is 18.5 Å². The topological polar surface area (TPSA) is 55.3 Å². The highest BCUT2D eigenvalue weighted by Crippen LogP contribution is 2.14. The van der Waals surface area contributed by atoms with Crippen LogP contribution in [0.4, 0.5) is 0 Å². The number of aromatic nitrogens is 2. The fourth-order valence-corrected chi connectivity index (χ4v) is 2.72. The van der Waals surface area contributed by atoms with Crippen LogP contribution in [-0.4, -0.2) is 46.6 Å². The summed E-state index contributed by atoms with van der Waals surface area (Å²) in [6, 6.07) is 10.3. The van der Waals surface area contributed by atoms with Crippen LogP contribution < -0.4 is 0 Å². The second-order valence-corrected chi connectivity index (χ2v) is 5.81. The third kappa shape index (κ3) is 4.13. The molecule has 1 aromatic carbocycles. The highest BCUT2D eigenvalue weighted by molar-refractivity contribution is 5.92. The van der Waals surface area contributed by atoms with E-state index in [1.54, 1.807) is 12.4 Å². The first-order valence-corrected chi connectivity index (χ1v) is 7.96. The maximum Gasteiger partial charge on any atom is 0.274 e. The van der Waals surface area contributed by atoms with Crippen molar-refractivity contribution in [2.24, 2.45) is 0 Å². The van der Waals surface area contributed by atoms with E-state index >= 15 is 0 Å². The number of carbonyl (C=O) groups excluding carboxylic acids is 1. The second kappa shape index (κ2) is 7.33. The lowest BCUT2D eigenvalue weighted by Crippen LogP contribution is -2.46. The van der Waals surface area contributed by atoms with Crippen molar-refractivity contribution in [3.8, 4) is 0 Å². The molecule has 0 aliphatic carbocycles. The molecular weight excluding hydrogens is 290 g/mol. The fraction of sp³-hybridized carbons (Fsp3) is 0.389. The number of nitrogens with zero attached hydrogens (tertiary/aromatic N) is 3. The van der Waals surface area contributed by atoms with Gasteiger partial charge in [-0.15, -0.1) is 0 Å². The Hall–Kier alpha value is -2.27. The van der Waals surface area contributed by atoms with Crippen molar-refractivity contribution in [2.45, 2.75) is 25.9 Å². The van der Waals surface area contributed by atoms with E-state index in [4.69, 9.17) is 4.74 Å². The number of rotatable bonds is 4. The van der Waals surface area contributed by atoms with Gasteiger partial charge in [-0.3, -0.25) is 9.78 Å². The number of benzene rings is 1. The van der Waals surface area contributed by atoms with Crippen molar-refractivity contribution in [1.82, 2.24) is 14.9 Å². The maximum absolute atomic E-state index is 12.5. The smallest absolute Gasteiger partial charge is 0.274 e. The monoisotopic (exact) mass is 311 g/mol. The summed E-state index contributed by atoms with van der Waals surface area (Å²) in [6.07, 6.45) is 5.11. The maximum atomic E-state index is 12.5. The number of amides is 1. The number of morpholine rings is 1. The summed E-state index contributed by atoms with van der Waals surface area (Å²) in [5, 5.41) is 0. The number of aryl methyl sites for hydroxylation is 2. The lowest BCUT2D eigenvalue weighted by Gasteiger charge is -2.32. The Morgan fingerprint density at radius 3 is 2.83 bits per heavy atom. The predicted octanol–water partition coefficient (Wildman–Crippen LogP) is 2.26. The molecule has 1 amide bonds. The Balaban J connectivity index is 1.57. The Kier molecular flexibility index (Phi) is 4.98. The van der Waals surface area contributed by atoms with E-state index in [0.29, 0.717) is 25.4 Å². The normalized spacial score (nSPS) is 18.0. The summed E-state index contributed by atoms with van der Waals surface area (Å²) in [6.45, 7) is 3.65. The number of carbonyl (C=O) groups is 1. The molecule has 1 aliphatic rings. The van der Waals surface area contributed by atoms with Gasteiger partial charge in [-0.25, -0.2) is 4.98 Å². The summed E-state index contributed by atoms with van der Waals surface area (Å²) >= 11 is 0. The highest BCUT2D eigenvalue weighted by Gasteiger charge is 2.25. The number of hydrogen-bond acceptors (Lipinski definition) is 4. The van der Waals surface area contributed by atoms with E-state index in [-0.39, 0.29) is 12.0 Å². The summed E-state index contributed by atoms with van der Waals surface area (Å²) in [5.74, 6) is -0.0643. The van der Waals surface area contributed by atoms with Crippen LogP contribution >= 0.6 is 0 Å².